The number of imidazole rings is 1. The molecule has 1 N–H and O–H groups in total. The Morgan fingerprint density at radius 3 is 2.61 bits per heavy atom. The molecule has 4 aromatic rings. The molecule has 1 aromatic heterocycles. The second-order valence-corrected chi connectivity index (χ2v) is 6.69. The van der Waals surface area contributed by atoms with Gasteiger partial charge in [-0.25, -0.2) is 4.98 Å². The molecule has 1 heterocycles. The fourth-order valence-electron chi connectivity index (χ4n) is 3.25. The van der Waals surface area contributed by atoms with Crippen LogP contribution in [0.15, 0.2) is 91.5 Å². The van der Waals surface area contributed by atoms with E-state index in [1.54, 1.807) is 18.6 Å². The number of rotatable bonds is 5. The summed E-state index contributed by atoms with van der Waals surface area (Å²) in [6.45, 7) is 1.98. The topological polar surface area (TPSA) is 46.9 Å². The van der Waals surface area contributed by atoms with Gasteiger partial charge in [-0.15, -0.1) is 0 Å². The van der Waals surface area contributed by atoms with Crippen LogP contribution in [-0.4, -0.2) is 15.5 Å². The largest absolute Gasteiger partial charge is 0.346 e. The zero-order valence-electron chi connectivity index (χ0n) is 15.6. The quantitative estimate of drug-likeness (QED) is 0.509. The monoisotopic (exact) mass is 367 g/mol. The lowest BCUT2D eigenvalue weighted by atomic mass is 10.0. The minimum atomic E-state index is -0.112. The predicted octanol–water partition coefficient (Wildman–Crippen LogP) is 4.92. The summed E-state index contributed by atoms with van der Waals surface area (Å²) in [6.07, 6.45) is 8.88. The molecule has 0 bridgehead atoms. The van der Waals surface area contributed by atoms with Crippen molar-refractivity contribution in [2.24, 2.45) is 0 Å². The van der Waals surface area contributed by atoms with E-state index in [9.17, 15) is 4.79 Å². The normalized spacial score (nSPS) is 12.3. The molecule has 1 atom stereocenters. The van der Waals surface area contributed by atoms with Crippen LogP contribution in [0.3, 0.4) is 0 Å². The standard InChI is InChI=1S/C24H21N3O/c1-18(19-9-12-22(13-10-19)27-16-15-25-17-27)26-24(28)14-11-21-7-4-6-20-5-2-3-8-23(20)21/h2-18H,1H3,(H,26,28)/b14-11+/t18-/m1/s1. The van der Waals surface area contributed by atoms with E-state index in [0.717, 1.165) is 27.6 Å². The first-order chi connectivity index (χ1) is 13.7. The van der Waals surface area contributed by atoms with E-state index in [1.165, 1.54) is 0 Å². The SMILES string of the molecule is C[C@@H](NC(=O)/C=C/c1cccc2ccccc12)c1ccc(-n2ccnc2)cc1. The summed E-state index contributed by atoms with van der Waals surface area (Å²) >= 11 is 0. The number of fused-ring (bicyclic) bond motifs is 1. The van der Waals surface area contributed by atoms with Crippen molar-refractivity contribution in [1.29, 1.82) is 0 Å². The molecule has 0 unspecified atom stereocenters. The third-order valence-corrected chi connectivity index (χ3v) is 4.79. The van der Waals surface area contributed by atoms with Crippen LogP contribution in [0, 0.1) is 0 Å². The highest BCUT2D eigenvalue weighted by Gasteiger charge is 2.08. The minimum Gasteiger partial charge on any atom is -0.346 e. The van der Waals surface area contributed by atoms with Crippen molar-refractivity contribution in [2.45, 2.75) is 13.0 Å². The highest BCUT2D eigenvalue weighted by molar-refractivity contribution is 5.96. The van der Waals surface area contributed by atoms with E-state index >= 15 is 0 Å². The van der Waals surface area contributed by atoms with E-state index in [-0.39, 0.29) is 11.9 Å². The molecule has 0 saturated carbocycles. The van der Waals surface area contributed by atoms with Crippen LogP contribution in [-0.2, 0) is 4.79 Å². The number of carbonyl (C=O) groups excluding carboxylic acids is 1. The lowest BCUT2D eigenvalue weighted by Gasteiger charge is -2.14. The van der Waals surface area contributed by atoms with Crippen molar-refractivity contribution >= 4 is 22.8 Å². The Kier molecular flexibility index (Phi) is 5.02. The molecule has 0 saturated heterocycles. The van der Waals surface area contributed by atoms with Gasteiger partial charge >= 0.3 is 0 Å². The van der Waals surface area contributed by atoms with Gasteiger partial charge in [-0.05, 0) is 47.0 Å². The molecule has 0 aliphatic heterocycles. The molecule has 0 radical (unpaired) electrons. The highest BCUT2D eigenvalue weighted by Crippen LogP contribution is 2.20. The number of carbonyl (C=O) groups is 1. The first-order valence-electron chi connectivity index (χ1n) is 9.25. The summed E-state index contributed by atoms with van der Waals surface area (Å²) in [5.74, 6) is -0.112. The molecule has 138 valence electrons. The molecule has 4 heteroatoms. The Hall–Kier alpha value is -3.66. The Labute approximate surface area is 164 Å². The Bertz CT molecular complexity index is 1110. The summed E-state index contributed by atoms with van der Waals surface area (Å²) in [6, 6.07) is 22.3. The second kappa shape index (κ2) is 7.92. The van der Waals surface area contributed by atoms with Crippen LogP contribution >= 0.6 is 0 Å². The lowest BCUT2D eigenvalue weighted by Crippen LogP contribution is -2.24. The van der Waals surface area contributed by atoms with Gasteiger partial charge in [-0.3, -0.25) is 4.79 Å². The van der Waals surface area contributed by atoms with E-state index < -0.39 is 0 Å². The smallest absolute Gasteiger partial charge is 0.244 e. The molecule has 0 aliphatic rings. The summed E-state index contributed by atoms with van der Waals surface area (Å²) in [7, 11) is 0. The third kappa shape index (κ3) is 3.86. The van der Waals surface area contributed by atoms with E-state index in [0.29, 0.717) is 0 Å². The average molecular weight is 367 g/mol. The number of hydrogen-bond donors (Lipinski definition) is 1. The first-order valence-corrected chi connectivity index (χ1v) is 9.25. The summed E-state index contributed by atoms with van der Waals surface area (Å²) in [4.78, 5) is 16.4. The third-order valence-electron chi connectivity index (χ3n) is 4.79. The summed E-state index contributed by atoms with van der Waals surface area (Å²) in [5, 5.41) is 5.32. The van der Waals surface area contributed by atoms with Gasteiger partial charge in [-0.1, -0.05) is 54.6 Å². The van der Waals surface area contributed by atoms with Gasteiger partial charge in [0.2, 0.25) is 5.91 Å². The summed E-state index contributed by atoms with van der Waals surface area (Å²) < 4.78 is 1.94. The van der Waals surface area contributed by atoms with Gasteiger partial charge in [0.25, 0.3) is 0 Å². The first kappa shape index (κ1) is 17.7. The van der Waals surface area contributed by atoms with E-state index in [4.69, 9.17) is 0 Å². The molecule has 0 spiro atoms. The second-order valence-electron chi connectivity index (χ2n) is 6.69. The van der Waals surface area contributed by atoms with Crippen LogP contribution in [0.4, 0.5) is 0 Å². The van der Waals surface area contributed by atoms with Crippen LogP contribution in [0.1, 0.15) is 24.1 Å². The number of hydrogen-bond acceptors (Lipinski definition) is 2. The van der Waals surface area contributed by atoms with Crippen molar-refractivity contribution in [3.8, 4) is 5.69 Å². The van der Waals surface area contributed by atoms with Gasteiger partial charge in [0.15, 0.2) is 0 Å². The van der Waals surface area contributed by atoms with Crippen molar-refractivity contribution in [3.05, 3.63) is 103 Å². The number of aromatic nitrogens is 2. The molecule has 4 rings (SSSR count). The zero-order chi connectivity index (χ0) is 19.3. The lowest BCUT2D eigenvalue weighted by molar-refractivity contribution is -0.117. The van der Waals surface area contributed by atoms with Crippen molar-refractivity contribution in [1.82, 2.24) is 14.9 Å². The minimum absolute atomic E-state index is 0.0819. The predicted molar refractivity (Wildman–Crippen MR) is 113 cm³/mol. The maximum absolute atomic E-state index is 12.4. The Balaban J connectivity index is 1.43. The Morgan fingerprint density at radius 2 is 1.82 bits per heavy atom. The van der Waals surface area contributed by atoms with Gasteiger partial charge < -0.3 is 9.88 Å². The molecule has 1 amide bonds. The van der Waals surface area contributed by atoms with Gasteiger partial charge in [0, 0.05) is 24.2 Å². The van der Waals surface area contributed by atoms with Crippen LogP contribution in [0.25, 0.3) is 22.5 Å². The number of benzene rings is 3. The molecule has 3 aromatic carbocycles. The van der Waals surface area contributed by atoms with Gasteiger partial charge in [-0.2, -0.15) is 0 Å². The summed E-state index contributed by atoms with van der Waals surface area (Å²) in [5.41, 5.74) is 3.12. The fraction of sp³-hybridized carbons (Fsp3) is 0.0833. The molecule has 4 nitrogen and oxygen atoms in total. The zero-order valence-corrected chi connectivity index (χ0v) is 15.6. The molecule has 0 aliphatic carbocycles. The van der Waals surface area contributed by atoms with E-state index in [1.807, 2.05) is 72.3 Å². The van der Waals surface area contributed by atoms with Crippen molar-refractivity contribution < 1.29 is 4.79 Å². The van der Waals surface area contributed by atoms with Crippen molar-refractivity contribution in [3.63, 3.8) is 0 Å². The number of amides is 1. The fourth-order valence-corrected chi connectivity index (χ4v) is 3.25. The molecular weight excluding hydrogens is 346 g/mol. The van der Waals surface area contributed by atoms with Crippen LogP contribution in [0.5, 0.6) is 0 Å². The molecule has 28 heavy (non-hydrogen) atoms. The number of nitrogens with one attached hydrogen (secondary N) is 1. The van der Waals surface area contributed by atoms with Crippen LogP contribution < -0.4 is 5.32 Å². The van der Waals surface area contributed by atoms with Crippen molar-refractivity contribution in [2.75, 3.05) is 0 Å². The van der Waals surface area contributed by atoms with Gasteiger partial charge in [0.1, 0.15) is 0 Å². The average Bonchev–Trinajstić information content (AvgIpc) is 3.27. The van der Waals surface area contributed by atoms with E-state index in [2.05, 4.69) is 28.5 Å². The maximum atomic E-state index is 12.4. The highest BCUT2D eigenvalue weighted by atomic mass is 16.1. The molecule has 0 fully saturated rings. The maximum Gasteiger partial charge on any atom is 0.244 e. The Morgan fingerprint density at radius 1 is 1.04 bits per heavy atom. The van der Waals surface area contributed by atoms with Gasteiger partial charge in [0.05, 0.1) is 12.4 Å². The molecular formula is C24H21N3O. The van der Waals surface area contributed by atoms with Crippen LogP contribution in [0.2, 0.25) is 0 Å². The number of nitrogens with zero attached hydrogens (tertiary/aromatic N) is 2.